The summed E-state index contributed by atoms with van der Waals surface area (Å²) in [6, 6.07) is 5.54. The number of aliphatic imine (C=N–C) groups is 1. The van der Waals surface area contributed by atoms with Crippen LogP contribution in [0.2, 0.25) is 0 Å². The number of likely N-dealkylation sites (N-methyl/N-ethyl adjacent to an activating group) is 1. The highest BCUT2D eigenvalue weighted by Gasteiger charge is 2.32. The smallest absolute Gasteiger partial charge is 0.355 e. The van der Waals surface area contributed by atoms with Crippen molar-refractivity contribution in [3.63, 3.8) is 0 Å². The van der Waals surface area contributed by atoms with Gasteiger partial charge in [0.2, 0.25) is 5.91 Å². The minimum atomic E-state index is -4.34. The summed E-state index contributed by atoms with van der Waals surface area (Å²) in [6.07, 6.45) is -1.59. The van der Waals surface area contributed by atoms with Gasteiger partial charge < -0.3 is 15.1 Å². The summed E-state index contributed by atoms with van der Waals surface area (Å²) in [5.41, 5.74) is 0.0668. The SMILES string of the molecule is CSCCNC(=NCC(=O)N(C)C)N1CCC(c2cccc(C(F)(F)F)c2)C1. The molecule has 1 aromatic rings. The van der Waals surface area contributed by atoms with Crippen molar-refractivity contribution in [3.05, 3.63) is 35.4 Å². The van der Waals surface area contributed by atoms with Gasteiger partial charge in [-0.25, -0.2) is 4.99 Å². The molecule has 1 aromatic carbocycles. The maximum Gasteiger partial charge on any atom is 0.416 e. The molecule has 0 bridgehead atoms. The van der Waals surface area contributed by atoms with Gasteiger partial charge in [-0.15, -0.1) is 0 Å². The Kier molecular flexibility index (Phi) is 8.03. The molecular formula is C19H27F3N4OS. The first-order valence-corrected chi connectivity index (χ1v) is 10.5. The van der Waals surface area contributed by atoms with Gasteiger partial charge >= 0.3 is 6.18 Å². The molecule has 28 heavy (non-hydrogen) atoms. The fraction of sp³-hybridized carbons (Fsp3) is 0.579. The van der Waals surface area contributed by atoms with Gasteiger partial charge in [0.25, 0.3) is 0 Å². The Morgan fingerprint density at radius 3 is 2.79 bits per heavy atom. The number of hydrogen-bond donors (Lipinski definition) is 1. The van der Waals surface area contributed by atoms with E-state index >= 15 is 0 Å². The number of nitrogens with zero attached hydrogens (tertiary/aromatic N) is 3. The van der Waals surface area contributed by atoms with Crippen LogP contribution in [0.5, 0.6) is 0 Å². The second-order valence-corrected chi connectivity index (χ2v) is 7.89. The Balaban J connectivity index is 2.10. The lowest BCUT2D eigenvalue weighted by Crippen LogP contribution is -2.41. The average molecular weight is 417 g/mol. The number of nitrogens with one attached hydrogen (secondary N) is 1. The van der Waals surface area contributed by atoms with Crippen LogP contribution in [0.1, 0.15) is 23.5 Å². The largest absolute Gasteiger partial charge is 0.416 e. The summed E-state index contributed by atoms with van der Waals surface area (Å²) in [7, 11) is 3.36. The van der Waals surface area contributed by atoms with E-state index in [1.807, 2.05) is 11.2 Å². The van der Waals surface area contributed by atoms with Crippen LogP contribution in [0.4, 0.5) is 13.2 Å². The first-order valence-electron chi connectivity index (χ1n) is 9.12. The molecule has 0 aliphatic carbocycles. The first kappa shape index (κ1) is 22.4. The second kappa shape index (κ2) is 10.0. The Hall–Kier alpha value is -1.90. The van der Waals surface area contributed by atoms with Crippen molar-refractivity contribution < 1.29 is 18.0 Å². The molecule has 1 atom stereocenters. The third-order valence-corrected chi connectivity index (χ3v) is 5.24. The second-order valence-electron chi connectivity index (χ2n) is 6.90. The predicted octanol–water partition coefficient (Wildman–Crippen LogP) is 2.89. The number of thioether (sulfide) groups is 1. The number of carbonyl (C=O) groups excluding carboxylic acids is 1. The normalized spacial score (nSPS) is 17.7. The van der Waals surface area contributed by atoms with Crippen LogP contribution in [0.15, 0.2) is 29.3 Å². The molecule has 9 heteroatoms. The van der Waals surface area contributed by atoms with E-state index < -0.39 is 11.7 Å². The molecule has 1 fully saturated rings. The molecule has 1 heterocycles. The van der Waals surface area contributed by atoms with Gasteiger partial charge in [0, 0.05) is 45.4 Å². The van der Waals surface area contributed by atoms with E-state index in [-0.39, 0.29) is 18.4 Å². The van der Waals surface area contributed by atoms with E-state index in [4.69, 9.17) is 0 Å². The molecule has 1 aliphatic heterocycles. The van der Waals surface area contributed by atoms with Crippen LogP contribution in [-0.2, 0) is 11.0 Å². The number of carbonyl (C=O) groups is 1. The van der Waals surface area contributed by atoms with Crippen molar-refractivity contribution in [2.75, 3.05) is 52.3 Å². The molecular weight excluding hydrogens is 389 g/mol. The maximum atomic E-state index is 13.0. The van der Waals surface area contributed by atoms with Crippen LogP contribution in [0.3, 0.4) is 0 Å². The summed E-state index contributed by atoms with van der Waals surface area (Å²) in [4.78, 5) is 19.8. The van der Waals surface area contributed by atoms with Gasteiger partial charge in [-0.2, -0.15) is 24.9 Å². The van der Waals surface area contributed by atoms with Crippen molar-refractivity contribution in [1.82, 2.24) is 15.1 Å². The standard InChI is InChI=1S/C19H27F3N4OS/c1-25(2)17(27)12-24-18(23-8-10-28-3)26-9-7-15(13-26)14-5-4-6-16(11-14)19(20,21)22/h4-6,11,15H,7-10,12-13H2,1-3H3,(H,23,24). The molecule has 156 valence electrons. The van der Waals surface area contributed by atoms with E-state index in [1.165, 1.54) is 17.0 Å². The maximum absolute atomic E-state index is 13.0. The highest BCUT2D eigenvalue weighted by molar-refractivity contribution is 7.98. The molecule has 1 N–H and O–H groups in total. The zero-order chi connectivity index (χ0) is 20.7. The van der Waals surface area contributed by atoms with Crippen LogP contribution >= 0.6 is 11.8 Å². The average Bonchev–Trinajstić information content (AvgIpc) is 3.13. The van der Waals surface area contributed by atoms with E-state index in [0.29, 0.717) is 31.2 Å². The van der Waals surface area contributed by atoms with Crippen LogP contribution < -0.4 is 5.32 Å². The summed E-state index contributed by atoms with van der Waals surface area (Å²) < 4.78 is 39.0. The van der Waals surface area contributed by atoms with Crippen LogP contribution in [0, 0.1) is 0 Å². The number of alkyl halides is 3. The summed E-state index contributed by atoms with van der Waals surface area (Å²) in [5.74, 6) is 1.43. The fourth-order valence-electron chi connectivity index (χ4n) is 3.01. The van der Waals surface area contributed by atoms with E-state index in [0.717, 1.165) is 18.2 Å². The van der Waals surface area contributed by atoms with Gasteiger partial charge in [0.05, 0.1) is 5.56 Å². The van der Waals surface area contributed by atoms with Crippen molar-refractivity contribution in [1.29, 1.82) is 0 Å². The van der Waals surface area contributed by atoms with Crippen molar-refractivity contribution in [3.8, 4) is 0 Å². The number of halogens is 3. The van der Waals surface area contributed by atoms with Crippen molar-refractivity contribution >= 4 is 23.6 Å². The lowest BCUT2D eigenvalue weighted by molar-refractivity contribution is -0.137. The summed E-state index contributed by atoms with van der Waals surface area (Å²) in [5, 5.41) is 3.27. The van der Waals surface area contributed by atoms with E-state index in [1.54, 1.807) is 31.9 Å². The number of amides is 1. The summed E-state index contributed by atoms with van der Waals surface area (Å²) >= 11 is 1.70. The predicted molar refractivity (Wildman–Crippen MR) is 108 cm³/mol. The summed E-state index contributed by atoms with van der Waals surface area (Å²) in [6.45, 7) is 2.00. The van der Waals surface area contributed by atoms with Crippen LogP contribution in [0.25, 0.3) is 0 Å². The van der Waals surface area contributed by atoms with Gasteiger partial charge in [0.1, 0.15) is 6.54 Å². The first-order chi connectivity index (χ1) is 13.2. The molecule has 1 saturated heterocycles. The monoisotopic (exact) mass is 416 g/mol. The van der Waals surface area contributed by atoms with E-state index in [2.05, 4.69) is 10.3 Å². The molecule has 0 saturated carbocycles. The topological polar surface area (TPSA) is 47.9 Å². The number of rotatable bonds is 6. The third-order valence-electron chi connectivity index (χ3n) is 4.63. The third kappa shape index (κ3) is 6.32. The quantitative estimate of drug-likeness (QED) is 0.440. The number of benzene rings is 1. The number of likely N-dealkylation sites (tertiary alicyclic amines) is 1. The Labute approximate surface area is 168 Å². The molecule has 2 rings (SSSR count). The lowest BCUT2D eigenvalue weighted by Gasteiger charge is -2.22. The molecule has 1 amide bonds. The Morgan fingerprint density at radius 1 is 1.39 bits per heavy atom. The fourth-order valence-corrected chi connectivity index (χ4v) is 3.32. The van der Waals surface area contributed by atoms with Gasteiger partial charge in [0.15, 0.2) is 5.96 Å². The molecule has 0 radical (unpaired) electrons. The van der Waals surface area contributed by atoms with E-state index in [9.17, 15) is 18.0 Å². The molecule has 5 nitrogen and oxygen atoms in total. The Morgan fingerprint density at radius 2 is 2.14 bits per heavy atom. The highest BCUT2D eigenvalue weighted by atomic mass is 32.2. The minimum Gasteiger partial charge on any atom is -0.355 e. The molecule has 1 aliphatic rings. The molecule has 0 aromatic heterocycles. The van der Waals surface area contributed by atoms with Crippen molar-refractivity contribution in [2.24, 2.45) is 4.99 Å². The molecule has 0 spiro atoms. The van der Waals surface area contributed by atoms with Crippen LogP contribution in [-0.4, -0.2) is 73.9 Å². The minimum absolute atomic E-state index is 0.000555. The zero-order valence-corrected chi connectivity index (χ0v) is 17.2. The zero-order valence-electron chi connectivity index (χ0n) is 16.4. The molecule has 1 unspecified atom stereocenters. The number of hydrogen-bond acceptors (Lipinski definition) is 3. The van der Waals surface area contributed by atoms with Gasteiger partial charge in [-0.3, -0.25) is 4.79 Å². The lowest BCUT2D eigenvalue weighted by atomic mass is 9.96. The number of guanidine groups is 1. The van der Waals surface area contributed by atoms with Gasteiger partial charge in [-0.1, -0.05) is 18.2 Å². The highest BCUT2D eigenvalue weighted by Crippen LogP contribution is 2.33. The Bertz CT molecular complexity index is 694. The van der Waals surface area contributed by atoms with Gasteiger partial charge in [-0.05, 0) is 24.3 Å². The van der Waals surface area contributed by atoms with Crippen molar-refractivity contribution in [2.45, 2.75) is 18.5 Å².